The van der Waals surface area contributed by atoms with Gasteiger partial charge in [0.15, 0.2) is 0 Å². The molecule has 1 fully saturated rings. The zero-order valence-corrected chi connectivity index (χ0v) is 12.5. The number of rotatable bonds is 6. The van der Waals surface area contributed by atoms with Crippen molar-refractivity contribution in [3.05, 3.63) is 48.6 Å². The van der Waals surface area contributed by atoms with Gasteiger partial charge in [-0.25, -0.2) is 8.42 Å². The van der Waals surface area contributed by atoms with E-state index in [1.165, 1.54) is 0 Å². The van der Waals surface area contributed by atoms with E-state index < -0.39 is 10.0 Å². The first-order valence-electron chi connectivity index (χ1n) is 6.99. The summed E-state index contributed by atoms with van der Waals surface area (Å²) in [5.74, 6) is 0. The maximum Gasteiger partial charge on any atom is 0.217 e. The lowest BCUT2D eigenvalue weighted by molar-refractivity contribution is 0.409. The van der Waals surface area contributed by atoms with E-state index in [0.717, 1.165) is 18.7 Å². The molecule has 0 aromatic heterocycles. The first kappa shape index (κ1) is 15.2. The lowest BCUT2D eigenvalue weighted by Crippen LogP contribution is -2.43. The summed E-state index contributed by atoms with van der Waals surface area (Å²) in [6, 6.07) is 9.70. The van der Waals surface area contributed by atoms with Crippen molar-refractivity contribution in [3.8, 4) is 0 Å². The number of benzene rings is 1. The van der Waals surface area contributed by atoms with Gasteiger partial charge in [-0.2, -0.15) is 4.31 Å². The van der Waals surface area contributed by atoms with Crippen molar-refractivity contribution in [1.29, 1.82) is 0 Å². The predicted molar refractivity (Wildman–Crippen MR) is 81.9 cm³/mol. The number of nitrogens with zero attached hydrogens (tertiary/aromatic N) is 1. The maximum absolute atomic E-state index is 12.7. The molecule has 0 atom stereocenters. The van der Waals surface area contributed by atoms with E-state index in [9.17, 15) is 8.42 Å². The summed E-state index contributed by atoms with van der Waals surface area (Å²) in [7, 11) is -3.26. The number of hydrogen-bond acceptors (Lipinski definition) is 3. The molecule has 2 rings (SSSR count). The van der Waals surface area contributed by atoms with Gasteiger partial charge in [0.1, 0.15) is 0 Å². The molecule has 1 N–H and O–H groups in total. The van der Waals surface area contributed by atoms with Crippen LogP contribution in [0.5, 0.6) is 0 Å². The fourth-order valence-electron chi connectivity index (χ4n) is 2.49. The molecule has 1 aliphatic rings. The van der Waals surface area contributed by atoms with E-state index in [0.29, 0.717) is 25.9 Å². The summed E-state index contributed by atoms with van der Waals surface area (Å²) < 4.78 is 27.0. The third-order valence-electron chi connectivity index (χ3n) is 3.60. The van der Waals surface area contributed by atoms with Gasteiger partial charge in [-0.3, -0.25) is 0 Å². The molecule has 1 heterocycles. The minimum Gasteiger partial charge on any atom is -0.317 e. The molecule has 0 saturated carbocycles. The van der Waals surface area contributed by atoms with Crippen LogP contribution in [0.4, 0.5) is 0 Å². The largest absolute Gasteiger partial charge is 0.317 e. The molecule has 1 saturated heterocycles. The van der Waals surface area contributed by atoms with Crippen molar-refractivity contribution in [2.75, 3.05) is 19.6 Å². The van der Waals surface area contributed by atoms with Gasteiger partial charge >= 0.3 is 0 Å². The Morgan fingerprint density at radius 3 is 2.50 bits per heavy atom. The molecule has 1 aromatic carbocycles. The number of hydrogen-bond donors (Lipinski definition) is 1. The van der Waals surface area contributed by atoms with E-state index >= 15 is 0 Å². The molecule has 0 radical (unpaired) electrons. The molecule has 0 amide bonds. The Morgan fingerprint density at radius 2 is 1.90 bits per heavy atom. The van der Waals surface area contributed by atoms with Gasteiger partial charge in [-0.1, -0.05) is 36.4 Å². The van der Waals surface area contributed by atoms with Crippen molar-refractivity contribution in [2.24, 2.45) is 0 Å². The average molecular weight is 294 g/mol. The van der Waals surface area contributed by atoms with Crippen molar-refractivity contribution < 1.29 is 8.42 Å². The second-order valence-electron chi connectivity index (χ2n) is 5.06. The van der Waals surface area contributed by atoms with Gasteiger partial charge in [-0.15, -0.1) is 6.58 Å². The van der Waals surface area contributed by atoms with Crippen LogP contribution in [0.25, 0.3) is 0 Å². The van der Waals surface area contributed by atoms with Gasteiger partial charge in [0.05, 0.1) is 5.25 Å². The number of sulfonamides is 1. The van der Waals surface area contributed by atoms with E-state index in [1.54, 1.807) is 10.4 Å². The van der Waals surface area contributed by atoms with Crippen LogP contribution in [0.3, 0.4) is 0 Å². The quantitative estimate of drug-likeness (QED) is 0.813. The third kappa shape index (κ3) is 3.69. The molecule has 110 valence electrons. The second-order valence-corrected chi connectivity index (χ2v) is 7.27. The Morgan fingerprint density at radius 1 is 1.25 bits per heavy atom. The van der Waals surface area contributed by atoms with Crippen molar-refractivity contribution in [2.45, 2.75) is 24.6 Å². The van der Waals surface area contributed by atoms with Crippen LogP contribution in [0, 0.1) is 0 Å². The Hall–Kier alpha value is -1.17. The van der Waals surface area contributed by atoms with E-state index in [4.69, 9.17) is 0 Å². The molecule has 0 bridgehead atoms. The van der Waals surface area contributed by atoms with Crippen LogP contribution in [0.15, 0.2) is 43.0 Å². The van der Waals surface area contributed by atoms with Crippen LogP contribution in [-0.4, -0.2) is 37.6 Å². The predicted octanol–water partition coefficient (Wildman–Crippen LogP) is 1.76. The summed E-state index contributed by atoms with van der Waals surface area (Å²) in [6.45, 7) is 6.01. The Balaban J connectivity index is 2.16. The highest BCUT2D eigenvalue weighted by atomic mass is 32.2. The minimum atomic E-state index is -3.26. The van der Waals surface area contributed by atoms with Crippen molar-refractivity contribution in [3.63, 3.8) is 0 Å². The van der Waals surface area contributed by atoms with Crippen LogP contribution >= 0.6 is 0 Å². The first-order valence-corrected chi connectivity index (χ1v) is 8.49. The van der Waals surface area contributed by atoms with Crippen molar-refractivity contribution in [1.82, 2.24) is 9.62 Å². The molecule has 0 aliphatic carbocycles. The SMILES string of the molecule is C=CCN(Cc1ccccc1)S(=O)(=O)C1CCNCC1. The lowest BCUT2D eigenvalue weighted by atomic mass is 10.2. The summed E-state index contributed by atoms with van der Waals surface area (Å²) in [5, 5.41) is 2.93. The zero-order valence-electron chi connectivity index (χ0n) is 11.7. The molecule has 1 aliphatic heterocycles. The van der Waals surface area contributed by atoms with Gasteiger partial charge in [0, 0.05) is 13.1 Å². The van der Waals surface area contributed by atoms with Crippen LogP contribution in [0.1, 0.15) is 18.4 Å². The van der Waals surface area contributed by atoms with Gasteiger partial charge in [0.25, 0.3) is 0 Å². The Labute approximate surface area is 121 Å². The smallest absolute Gasteiger partial charge is 0.217 e. The highest BCUT2D eigenvalue weighted by molar-refractivity contribution is 7.89. The van der Waals surface area contributed by atoms with Crippen LogP contribution in [-0.2, 0) is 16.6 Å². The normalized spacial score (nSPS) is 17.2. The Kier molecular flexibility index (Phi) is 5.34. The standard InChI is InChI=1S/C15H22N2O2S/c1-2-12-17(13-14-6-4-3-5-7-14)20(18,19)15-8-10-16-11-9-15/h2-7,15-16H,1,8-13H2. The van der Waals surface area contributed by atoms with Gasteiger partial charge in [0.2, 0.25) is 10.0 Å². The number of piperidine rings is 1. The molecule has 5 heteroatoms. The summed E-state index contributed by atoms with van der Waals surface area (Å²) in [6.07, 6.45) is 3.02. The summed E-state index contributed by atoms with van der Waals surface area (Å²) >= 11 is 0. The molecular formula is C15H22N2O2S. The molecule has 0 unspecified atom stereocenters. The second kappa shape index (κ2) is 7.02. The molecule has 4 nitrogen and oxygen atoms in total. The molecular weight excluding hydrogens is 272 g/mol. The minimum absolute atomic E-state index is 0.271. The molecule has 1 aromatic rings. The fraction of sp³-hybridized carbons (Fsp3) is 0.467. The maximum atomic E-state index is 12.7. The van der Waals surface area contributed by atoms with Gasteiger partial charge < -0.3 is 5.32 Å². The monoisotopic (exact) mass is 294 g/mol. The highest BCUT2D eigenvalue weighted by Crippen LogP contribution is 2.20. The molecule has 0 spiro atoms. The van der Waals surface area contributed by atoms with Crippen LogP contribution in [0.2, 0.25) is 0 Å². The first-order chi connectivity index (χ1) is 9.64. The lowest BCUT2D eigenvalue weighted by Gasteiger charge is -2.29. The molecule has 20 heavy (non-hydrogen) atoms. The summed E-state index contributed by atoms with van der Waals surface area (Å²) in [5.41, 5.74) is 1.01. The fourth-order valence-corrected chi connectivity index (χ4v) is 4.39. The average Bonchev–Trinajstić information content (AvgIpc) is 2.49. The van der Waals surface area contributed by atoms with Gasteiger partial charge in [-0.05, 0) is 31.5 Å². The topological polar surface area (TPSA) is 49.4 Å². The highest BCUT2D eigenvalue weighted by Gasteiger charge is 2.32. The number of nitrogens with one attached hydrogen (secondary N) is 1. The third-order valence-corrected chi connectivity index (χ3v) is 5.91. The van der Waals surface area contributed by atoms with Crippen LogP contribution < -0.4 is 5.32 Å². The summed E-state index contributed by atoms with van der Waals surface area (Å²) in [4.78, 5) is 0. The Bertz CT molecular complexity index is 522. The van der Waals surface area contributed by atoms with Crippen molar-refractivity contribution >= 4 is 10.0 Å². The zero-order chi connectivity index (χ0) is 14.4. The van der Waals surface area contributed by atoms with E-state index in [2.05, 4.69) is 11.9 Å². The van der Waals surface area contributed by atoms with E-state index in [-0.39, 0.29) is 5.25 Å². The van der Waals surface area contributed by atoms with E-state index in [1.807, 2.05) is 30.3 Å².